The number of hydrogen-bond donors (Lipinski definition) is 0. The Balaban J connectivity index is 1.59. The van der Waals surface area contributed by atoms with Crippen LogP contribution in [0.1, 0.15) is 28.8 Å². The first-order chi connectivity index (χ1) is 12.7. The second kappa shape index (κ2) is 5.62. The van der Waals surface area contributed by atoms with Crippen molar-refractivity contribution in [3.63, 3.8) is 0 Å². The maximum atomic E-state index is 12.9. The van der Waals surface area contributed by atoms with Crippen LogP contribution in [-0.4, -0.2) is 38.2 Å². The summed E-state index contributed by atoms with van der Waals surface area (Å²) in [4.78, 5) is 27.4. The summed E-state index contributed by atoms with van der Waals surface area (Å²) in [5, 5.41) is 0. The molecular weight excluding hydrogens is 334 g/mol. The quantitative estimate of drug-likeness (QED) is 0.601. The van der Waals surface area contributed by atoms with E-state index < -0.39 is 11.9 Å². The monoisotopic (exact) mass is 353 g/mol. The highest BCUT2D eigenvalue weighted by molar-refractivity contribution is 6.14. The molecule has 1 aliphatic carbocycles. The molecule has 0 bridgehead atoms. The van der Waals surface area contributed by atoms with Gasteiger partial charge in [0.05, 0.1) is 12.3 Å². The molecule has 0 saturated carbocycles. The van der Waals surface area contributed by atoms with E-state index in [1.807, 2.05) is 12.1 Å². The summed E-state index contributed by atoms with van der Waals surface area (Å²) in [7, 11) is 0. The Kier molecular flexibility index (Phi) is 3.35. The number of hydrogen-bond acceptors (Lipinski definition) is 6. The first-order valence-electron chi connectivity index (χ1n) is 8.95. The van der Waals surface area contributed by atoms with Crippen molar-refractivity contribution in [2.24, 2.45) is 11.8 Å². The van der Waals surface area contributed by atoms with Gasteiger partial charge in [-0.3, -0.25) is 9.59 Å². The van der Waals surface area contributed by atoms with Gasteiger partial charge in [-0.1, -0.05) is 12.1 Å². The van der Waals surface area contributed by atoms with E-state index in [4.69, 9.17) is 14.2 Å². The molecule has 6 heteroatoms. The second-order valence-electron chi connectivity index (χ2n) is 6.98. The molecule has 4 aliphatic rings. The number of rotatable bonds is 2. The number of carbonyl (C=O) groups is 2. The SMILES string of the molecule is CCOC(=O)C1CN2CC3C=C4OCOC4=CC3c3cccc(c32)C1=O. The van der Waals surface area contributed by atoms with Crippen LogP contribution in [0.25, 0.3) is 0 Å². The Bertz CT molecular complexity index is 871. The number of fused-ring (bicyclic) bond motifs is 3. The molecule has 0 N–H and O–H groups in total. The maximum absolute atomic E-state index is 12.9. The number of ether oxygens (including phenoxy) is 3. The van der Waals surface area contributed by atoms with Crippen LogP contribution >= 0.6 is 0 Å². The fraction of sp³-hybridized carbons (Fsp3) is 0.400. The van der Waals surface area contributed by atoms with Gasteiger partial charge in [0, 0.05) is 30.5 Å². The number of ketones is 1. The number of nitrogens with zero attached hydrogens (tertiary/aromatic N) is 1. The maximum Gasteiger partial charge on any atom is 0.318 e. The molecule has 0 aromatic heterocycles. The number of carbonyl (C=O) groups excluding carboxylic acids is 2. The lowest BCUT2D eigenvalue weighted by atomic mass is 9.74. The summed E-state index contributed by atoms with van der Waals surface area (Å²) in [6.07, 6.45) is 4.21. The van der Waals surface area contributed by atoms with Crippen molar-refractivity contribution in [3.05, 3.63) is 53.0 Å². The van der Waals surface area contributed by atoms with Crippen LogP contribution in [-0.2, 0) is 19.0 Å². The number of anilines is 1. The lowest BCUT2D eigenvalue weighted by molar-refractivity contribution is -0.145. The van der Waals surface area contributed by atoms with Crippen molar-refractivity contribution < 1.29 is 23.8 Å². The number of para-hydroxylation sites is 1. The molecule has 3 heterocycles. The van der Waals surface area contributed by atoms with E-state index in [0.29, 0.717) is 12.1 Å². The summed E-state index contributed by atoms with van der Waals surface area (Å²) in [5.41, 5.74) is 2.67. The Morgan fingerprint density at radius 1 is 1.23 bits per heavy atom. The summed E-state index contributed by atoms with van der Waals surface area (Å²) in [6, 6.07) is 5.77. The van der Waals surface area contributed by atoms with Crippen LogP contribution in [0.2, 0.25) is 0 Å². The zero-order valence-corrected chi connectivity index (χ0v) is 14.4. The van der Waals surface area contributed by atoms with Crippen molar-refractivity contribution in [1.29, 1.82) is 0 Å². The second-order valence-corrected chi connectivity index (χ2v) is 6.98. The first-order valence-corrected chi connectivity index (χ1v) is 8.95. The minimum atomic E-state index is -0.761. The van der Waals surface area contributed by atoms with Gasteiger partial charge in [-0.15, -0.1) is 0 Å². The highest BCUT2D eigenvalue weighted by Gasteiger charge is 2.44. The normalized spacial score (nSPS) is 28.0. The molecule has 1 saturated heterocycles. The number of Topliss-reactive ketones (excluding diaryl/α,β-unsaturated/α-hetero) is 1. The Hall–Kier alpha value is -2.76. The molecule has 3 aliphatic heterocycles. The molecule has 3 unspecified atom stereocenters. The third kappa shape index (κ3) is 2.11. The molecule has 1 aromatic carbocycles. The zero-order valence-electron chi connectivity index (χ0n) is 14.4. The largest absolute Gasteiger partial charge is 0.465 e. The van der Waals surface area contributed by atoms with Gasteiger partial charge in [0.15, 0.2) is 17.3 Å². The highest BCUT2D eigenvalue weighted by Crippen LogP contribution is 2.48. The fourth-order valence-corrected chi connectivity index (χ4v) is 4.44. The summed E-state index contributed by atoms with van der Waals surface area (Å²) >= 11 is 0. The van der Waals surface area contributed by atoms with Gasteiger partial charge in [0.2, 0.25) is 6.79 Å². The van der Waals surface area contributed by atoms with Gasteiger partial charge in [0.1, 0.15) is 5.92 Å². The predicted molar refractivity (Wildman–Crippen MR) is 92.5 cm³/mol. The van der Waals surface area contributed by atoms with E-state index >= 15 is 0 Å². The average molecular weight is 353 g/mol. The third-order valence-corrected chi connectivity index (χ3v) is 5.56. The first kappa shape index (κ1) is 15.5. The molecule has 5 rings (SSSR count). The molecule has 6 nitrogen and oxygen atoms in total. The van der Waals surface area contributed by atoms with Crippen molar-refractivity contribution in [3.8, 4) is 0 Å². The topological polar surface area (TPSA) is 65.1 Å². The van der Waals surface area contributed by atoms with Gasteiger partial charge in [-0.25, -0.2) is 0 Å². The molecule has 0 radical (unpaired) electrons. The van der Waals surface area contributed by atoms with Crippen LogP contribution in [0.4, 0.5) is 5.69 Å². The van der Waals surface area contributed by atoms with E-state index in [0.717, 1.165) is 29.3 Å². The summed E-state index contributed by atoms with van der Waals surface area (Å²) < 4.78 is 16.2. The lowest BCUT2D eigenvalue weighted by Crippen LogP contribution is -2.48. The van der Waals surface area contributed by atoms with Crippen LogP contribution in [0.15, 0.2) is 41.9 Å². The Labute approximate surface area is 151 Å². The van der Waals surface area contributed by atoms with Crippen LogP contribution in [0, 0.1) is 11.8 Å². The Morgan fingerprint density at radius 3 is 2.85 bits per heavy atom. The minimum absolute atomic E-state index is 0.143. The van der Waals surface area contributed by atoms with Crippen molar-refractivity contribution >= 4 is 17.4 Å². The summed E-state index contributed by atoms with van der Waals surface area (Å²) in [5.74, 6) is 0.595. The minimum Gasteiger partial charge on any atom is -0.465 e. The van der Waals surface area contributed by atoms with Gasteiger partial charge in [0.25, 0.3) is 0 Å². The van der Waals surface area contributed by atoms with E-state index in [-0.39, 0.29) is 31.0 Å². The van der Waals surface area contributed by atoms with Crippen molar-refractivity contribution in [1.82, 2.24) is 0 Å². The van der Waals surface area contributed by atoms with E-state index in [1.54, 1.807) is 6.92 Å². The number of benzene rings is 1. The van der Waals surface area contributed by atoms with Gasteiger partial charge in [-0.2, -0.15) is 0 Å². The highest BCUT2D eigenvalue weighted by atomic mass is 16.7. The molecule has 0 amide bonds. The number of allylic oxidation sites excluding steroid dienone is 1. The molecule has 3 atom stereocenters. The Morgan fingerprint density at radius 2 is 2.04 bits per heavy atom. The summed E-state index contributed by atoms with van der Waals surface area (Å²) in [6.45, 7) is 3.37. The fourth-order valence-electron chi connectivity index (χ4n) is 4.44. The molecule has 0 spiro atoms. The zero-order chi connectivity index (χ0) is 17.8. The van der Waals surface area contributed by atoms with E-state index in [1.165, 1.54) is 0 Å². The van der Waals surface area contributed by atoms with Gasteiger partial charge >= 0.3 is 5.97 Å². The molecule has 134 valence electrons. The molecular formula is C20H19NO5. The van der Waals surface area contributed by atoms with Crippen molar-refractivity contribution in [2.75, 3.05) is 31.4 Å². The molecule has 1 aromatic rings. The number of esters is 1. The van der Waals surface area contributed by atoms with Crippen LogP contribution in [0.3, 0.4) is 0 Å². The van der Waals surface area contributed by atoms with Crippen LogP contribution < -0.4 is 4.90 Å². The standard InChI is InChI=1S/C20H19NO5/c1-2-24-20(23)15-9-21-8-11-6-16-17(26-10-25-16)7-14(11)12-4-3-5-13(18(12)21)19(15)22/h3-7,11,14-15H,2,8-10H2,1H3. The van der Waals surface area contributed by atoms with E-state index in [2.05, 4.69) is 23.1 Å². The molecule has 26 heavy (non-hydrogen) atoms. The van der Waals surface area contributed by atoms with Gasteiger partial charge in [-0.05, 0) is 30.7 Å². The smallest absolute Gasteiger partial charge is 0.318 e. The predicted octanol–water partition coefficient (Wildman–Crippen LogP) is 2.37. The molecule has 1 fully saturated rings. The third-order valence-electron chi connectivity index (χ3n) is 5.56. The van der Waals surface area contributed by atoms with Gasteiger partial charge < -0.3 is 19.1 Å². The lowest BCUT2D eigenvalue weighted by Gasteiger charge is -2.44. The van der Waals surface area contributed by atoms with Crippen LogP contribution in [0.5, 0.6) is 0 Å². The van der Waals surface area contributed by atoms with Crippen molar-refractivity contribution in [2.45, 2.75) is 12.8 Å². The average Bonchev–Trinajstić information content (AvgIpc) is 3.10. The van der Waals surface area contributed by atoms with E-state index in [9.17, 15) is 9.59 Å².